The molecule has 0 unspecified atom stereocenters. The van der Waals surface area contributed by atoms with Crippen molar-refractivity contribution in [3.05, 3.63) is 90.0 Å². The van der Waals surface area contributed by atoms with Gasteiger partial charge in [-0.15, -0.1) is 0 Å². The number of hydrogen-bond acceptors (Lipinski definition) is 5. The van der Waals surface area contributed by atoms with Crippen LogP contribution in [0.1, 0.15) is 42.8 Å². The Bertz CT molecular complexity index is 1290. The second-order valence-corrected chi connectivity index (χ2v) is 9.51. The molecule has 0 bridgehead atoms. The number of nitrogens with zero attached hydrogens (tertiary/aromatic N) is 5. The topological polar surface area (TPSA) is 109 Å². The van der Waals surface area contributed by atoms with Crippen molar-refractivity contribution < 1.29 is 8.42 Å². The molecule has 0 atom stereocenters. The van der Waals surface area contributed by atoms with Crippen LogP contribution in [0, 0.1) is 0 Å². The SMILES string of the molecule is CC(C)c1nccn1Cc1nc(CCc2ccccc2)nn1-c1ccc(S(N)(=O)=O)cc1. The number of sulfonamides is 1. The maximum absolute atomic E-state index is 11.6. The first kappa shape index (κ1) is 21.9. The van der Waals surface area contributed by atoms with Crippen LogP contribution in [0.4, 0.5) is 0 Å². The molecule has 2 heterocycles. The summed E-state index contributed by atoms with van der Waals surface area (Å²) < 4.78 is 27.1. The van der Waals surface area contributed by atoms with Gasteiger partial charge in [-0.05, 0) is 36.2 Å². The van der Waals surface area contributed by atoms with Gasteiger partial charge in [-0.2, -0.15) is 5.10 Å². The van der Waals surface area contributed by atoms with Crippen molar-refractivity contribution in [3.8, 4) is 5.69 Å². The Balaban J connectivity index is 1.67. The predicted molar refractivity (Wildman–Crippen MR) is 122 cm³/mol. The highest BCUT2D eigenvalue weighted by molar-refractivity contribution is 7.89. The van der Waals surface area contributed by atoms with Crippen molar-refractivity contribution in [2.45, 2.75) is 44.0 Å². The summed E-state index contributed by atoms with van der Waals surface area (Å²) >= 11 is 0. The second-order valence-electron chi connectivity index (χ2n) is 7.95. The lowest BCUT2D eigenvalue weighted by molar-refractivity contribution is 0.597. The van der Waals surface area contributed by atoms with Crippen LogP contribution in [-0.4, -0.2) is 32.7 Å². The summed E-state index contributed by atoms with van der Waals surface area (Å²) in [5, 5.41) is 9.97. The average Bonchev–Trinajstić information content (AvgIpc) is 3.40. The van der Waals surface area contributed by atoms with E-state index in [0.717, 1.165) is 29.6 Å². The Morgan fingerprint density at radius 1 is 1.00 bits per heavy atom. The van der Waals surface area contributed by atoms with Gasteiger partial charge in [0.25, 0.3) is 0 Å². The molecule has 0 spiro atoms. The molecule has 32 heavy (non-hydrogen) atoms. The Hall–Kier alpha value is -3.30. The number of primary sulfonamides is 1. The molecule has 0 saturated carbocycles. The van der Waals surface area contributed by atoms with Gasteiger partial charge in [-0.1, -0.05) is 44.2 Å². The zero-order valence-electron chi connectivity index (χ0n) is 18.1. The highest BCUT2D eigenvalue weighted by Gasteiger charge is 2.16. The molecular weight excluding hydrogens is 424 g/mol. The van der Waals surface area contributed by atoms with Gasteiger partial charge in [-0.25, -0.2) is 28.2 Å². The standard InChI is InChI=1S/C23H26N6O2S/c1-17(2)23-25-14-15-28(23)16-22-26-21(13-8-18-6-4-3-5-7-18)27-29(22)19-9-11-20(12-10-19)32(24,30)31/h3-7,9-12,14-15,17H,8,13,16H2,1-2H3,(H2,24,30,31). The maximum Gasteiger partial charge on any atom is 0.238 e. The fourth-order valence-electron chi connectivity index (χ4n) is 3.59. The van der Waals surface area contributed by atoms with Gasteiger partial charge < -0.3 is 4.57 Å². The van der Waals surface area contributed by atoms with E-state index in [1.807, 2.05) is 24.4 Å². The molecule has 4 aromatic rings. The van der Waals surface area contributed by atoms with Gasteiger partial charge in [0.1, 0.15) is 5.82 Å². The third kappa shape index (κ3) is 4.95. The Morgan fingerprint density at radius 2 is 1.72 bits per heavy atom. The number of hydrogen-bond donors (Lipinski definition) is 1. The van der Waals surface area contributed by atoms with E-state index in [9.17, 15) is 8.42 Å². The summed E-state index contributed by atoms with van der Waals surface area (Å²) in [7, 11) is -3.76. The van der Waals surface area contributed by atoms with Crippen molar-refractivity contribution in [3.63, 3.8) is 0 Å². The first-order chi connectivity index (χ1) is 15.3. The van der Waals surface area contributed by atoms with E-state index in [0.29, 0.717) is 13.0 Å². The summed E-state index contributed by atoms with van der Waals surface area (Å²) in [6.07, 6.45) is 5.24. The molecule has 0 amide bonds. The van der Waals surface area contributed by atoms with Crippen LogP contribution >= 0.6 is 0 Å². The van der Waals surface area contributed by atoms with E-state index in [2.05, 4.69) is 35.5 Å². The summed E-state index contributed by atoms with van der Waals surface area (Å²) in [6, 6.07) is 16.6. The molecule has 4 rings (SSSR count). The van der Waals surface area contributed by atoms with Crippen molar-refractivity contribution >= 4 is 10.0 Å². The lowest BCUT2D eigenvalue weighted by Gasteiger charge is -2.11. The van der Waals surface area contributed by atoms with Crippen molar-refractivity contribution in [1.82, 2.24) is 24.3 Å². The van der Waals surface area contributed by atoms with E-state index in [1.165, 1.54) is 17.7 Å². The lowest BCUT2D eigenvalue weighted by Crippen LogP contribution is -2.13. The van der Waals surface area contributed by atoms with Gasteiger partial charge in [0.2, 0.25) is 10.0 Å². The van der Waals surface area contributed by atoms with Gasteiger partial charge in [-0.3, -0.25) is 0 Å². The first-order valence-electron chi connectivity index (χ1n) is 10.4. The van der Waals surface area contributed by atoms with Crippen molar-refractivity contribution in [2.24, 2.45) is 5.14 Å². The third-order valence-electron chi connectivity index (χ3n) is 5.18. The third-order valence-corrected chi connectivity index (χ3v) is 6.11. The number of rotatable bonds is 8. The molecule has 2 N–H and O–H groups in total. The van der Waals surface area contributed by atoms with Crippen LogP contribution in [0.15, 0.2) is 71.9 Å². The minimum Gasteiger partial charge on any atom is -0.327 e. The van der Waals surface area contributed by atoms with Crippen molar-refractivity contribution in [2.75, 3.05) is 0 Å². The van der Waals surface area contributed by atoms with E-state index < -0.39 is 10.0 Å². The van der Waals surface area contributed by atoms with E-state index >= 15 is 0 Å². The molecule has 9 heteroatoms. The molecule has 0 aliphatic rings. The summed E-state index contributed by atoms with van der Waals surface area (Å²) in [5.41, 5.74) is 1.94. The lowest BCUT2D eigenvalue weighted by atomic mass is 10.1. The van der Waals surface area contributed by atoms with Gasteiger partial charge in [0.15, 0.2) is 11.6 Å². The fourth-order valence-corrected chi connectivity index (χ4v) is 4.11. The van der Waals surface area contributed by atoms with Gasteiger partial charge in [0, 0.05) is 24.7 Å². The largest absolute Gasteiger partial charge is 0.327 e. The number of aryl methyl sites for hydroxylation is 2. The molecule has 0 fully saturated rings. The number of benzene rings is 2. The molecule has 0 saturated heterocycles. The Labute approximate surface area is 187 Å². The van der Waals surface area contributed by atoms with Crippen LogP contribution in [0.25, 0.3) is 5.69 Å². The highest BCUT2D eigenvalue weighted by atomic mass is 32.2. The van der Waals surface area contributed by atoms with Crippen LogP contribution < -0.4 is 5.14 Å². The molecule has 2 aromatic heterocycles. The quantitative estimate of drug-likeness (QED) is 0.444. The van der Waals surface area contributed by atoms with E-state index in [-0.39, 0.29) is 10.8 Å². The molecule has 8 nitrogen and oxygen atoms in total. The summed E-state index contributed by atoms with van der Waals surface area (Å²) in [6.45, 7) is 4.70. The van der Waals surface area contributed by atoms with Crippen LogP contribution in [0.2, 0.25) is 0 Å². The molecule has 166 valence electrons. The highest BCUT2D eigenvalue weighted by Crippen LogP contribution is 2.18. The van der Waals surface area contributed by atoms with Gasteiger partial charge in [0.05, 0.1) is 17.1 Å². The fraction of sp³-hybridized carbons (Fsp3) is 0.261. The van der Waals surface area contributed by atoms with E-state index in [1.54, 1.807) is 23.0 Å². The van der Waals surface area contributed by atoms with Crippen LogP contribution in [0.5, 0.6) is 0 Å². The Morgan fingerprint density at radius 3 is 2.38 bits per heavy atom. The number of aromatic nitrogens is 5. The minimum absolute atomic E-state index is 0.0592. The zero-order valence-corrected chi connectivity index (χ0v) is 18.9. The molecule has 0 aliphatic carbocycles. The average molecular weight is 451 g/mol. The molecule has 0 radical (unpaired) electrons. The van der Waals surface area contributed by atoms with Crippen LogP contribution in [-0.2, 0) is 29.4 Å². The monoisotopic (exact) mass is 450 g/mol. The minimum atomic E-state index is -3.76. The number of nitrogens with two attached hydrogens (primary N) is 1. The molecule has 0 aliphatic heterocycles. The Kier molecular flexibility index (Phi) is 6.20. The van der Waals surface area contributed by atoms with Crippen LogP contribution in [0.3, 0.4) is 0 Å². The molecular formula is C23H26N6O2S. The predicted octanol–water partition coefficient (Wildman–Crippen LogP) is 3.07. The zero-order chi connectivity index (χ0) is 22.7. The molecule has 2 aromatic carbocycles. The van der Waals surface area contributed by atoms with Crippen molar-refractivity contribution in [1.29, 1.82) is 0 Å². The normalized spacial score (nSPS) is 11.9. The first-order valence-corrected chi connectivity index (χ1v) is 12.0. The van der Waals surface area contributed by atoms with Gasteiger partial charge >= 0.3 is 0 Å². The number of imidazole rings is 1. The van der Waals surface area contributed by atoms with E-state index in [4.69, 9.17) is 15.2 Å². The summed E-state index contributed by atoms with van der Waals surface area (Å²) in [5.74, 6) is 2.71. The second kappa shape index (κ2) is 9.05. The summed E-state index contributed by atoms with van der Waals surface area (Å²) in [4.78, 5) is 9.33. The smallest absolute Gasteiger partial charge is 0.238 e. The maximum atomic E-state index is 11.6.